The first-order valence-corrected chi connectivity index (χ1v) is 7.09. The van der Waals surface area contributed by atoms with Crippen LogP contribution in [0.3, 0.4) is 0 Å². The van der Waals surface area contributed by atoms with Gasteiger partial charge in [-0.3, -0.25) is 4.79 Å². The summed E-state index contributed by atoms with van der Waals surface area (Å²) in [6.45, 7) is 4.23. The molecule has 0 fully saturated rings. The molecule has 0 heterocycles. The first kappa shape index (κ1) is 15.6. The molecule has 0 radical (unpaired) electrons. The third-order valence-electron chi connectivity index (χ3n) is 2.47. The van der Waals surface area contributed by atoms with E-state index in [0.717, 1.165) is 17.7 Å². The van der Waals surface area contributed by atoms with Gasteiger partial charge < -0.3 is 9.84 Å². The van der Waals surface area contributed by atoms with Gasteiger partial charge >= 0.3 is 11.9 Å². The maximum Gasteiger partial charge on any atom is 0.335 e. The molecule has 1 N–H and O–H groups in total. The van der Waals surface area contributed by atoms with Crippen molar-refractivity contribution in [3.05, 3.63) is 29.8 Å². The minimum absolute atomic E-state index is 0.219. The Labute approximate surface area is 117 Å². The number of esters is 1. The molecule has 1 aromatic carbocycles. The van der Waals surface area contributed by atoms with Crippen LogP contribution >= 0.6 is 11.8 Å². The second-order valence-corrected chi connectivity index (χ2v) is 5.53. The zero-order valence-electron chi connectivity index (χ0n) is 11.1. The van der Waals surface area contributed by atoms with Crippen LogP contribution in [-0.4, -0.2) is 28.9 Å². The summed E-state index contributed by atoms with van der Waals surface area (Å²) in [5.74, 6) is -1.24. The Balaban J connectivity index is 2.56. The molecule has 0 aliphatic rings. The predicted octanol–water partition coefficient (Wildman–Crippen LogP) is 3.21. The topological polar surface area (TPSA) is 63.6 Å². The summed E-state index contributed by atoms with van der Waals surface area (Å²) in [7, 11) is 0. The number of carbonyl (C=O) groups is 2. The van der Waals surface area contributed by atoms with Crippen LogP contribution in [0.2, 0.25) is 0 Å². The van der Waals surface area contributed by atoms with E-state index >= 15 is 0 Å². The molecule has 0 saturated heterocycles. The van der Waals surface area contributed by atoms with Crippen LogP contribution in [0.1, 0.15) is 37.0 Å². The molecule has 0 aliphatic carbocycles. The minimum Gasteiger partial charge on any atom is -0.478 e. The highest BCUT2D eigenvalue weighted by Crippen LogP contribution is 2.24. The van der Waals surface area contributed by atoms with Gasteiger partial charge in [0.25, 0.3) is 0 Å². The summed E-state index contributed by atoms with van der Waals surface area (Å²) >= 11 is 1.30. The zero-order valence-corrected chi connectivity index (χ0v) is 11.9. The van der Waals surface area contributed by atoms with E-state index in [1.165, 1.54) is 17.8 Å². The summed E-state index contributed by atoms with van der Waals surface area (Å²) in [6.07, 6.45) is 1.84. The molecule has 0 spiro atoms. The summed E-state index contributed by atoms with van der Waals surface area (Å²) in [6, 6.07) is 6.54. The highest BCUT2D eigenvalue weighted by molar-refractivity contribution is 8.00. The van der Waals surface area contributed by atoms with Gasteiger partial charge in [0, 0.05) is 4.90 Å². The smallest absolute Gasteiger partial charge is 0.335 e. The molecule has 0 saturated carbocycles. The maximum absolute atomic E-state index is 11.7. The number of benzene rings is 1. The monoisotopic (exact) mass is 282 g/mol. The Morgan fingerprint density at radius 3 is 2.79 bits per heavy atom. The molecule has 1 aromatic rings. The van der Waals surface area contributed by atoms with Crippen LogP contribution in [0.25, 0.3) is 0 Å². The van der Waals surface area contributed by atoms with Gasteiger partial charge in [-0.2, -0.15) is 0 Å². The Hall–Kier alpha value is -1.49. The van der Waals surface area contributed by atoms with E-state index in [1.807, 2.05) is 6.92 Å². The van der Waals surface area contributed by atoms with Crippen LogP contribution in [0.5, 0.6) is 0 Å². The summed E-state index contributed by atoms with van der Waals surface area (Å²) in [5, 5.41) is 8.55. The standard InChI is InChI=1S/C14H18O4S/c1-3-4-8-18-14(17)10(2)19-12-7-5-6-11(9-12)13(15)16/h5-7,9-10H,3-4,8H2,1-2H3,(H,15,16). The molecular formula is C14H18O4S. The SMILES string of the molecule is CCCCOC(=O)C(C)Sc1cccc(C(=O)O)c1. The van der Waals surface area contributed by atoms with Gasteiger partial charge in [0.2, 0.25) is 0 Å². The summed E-state index contributed by atoms with van der Waals surface area (Å²) in [4.78, 5) is 23.3. The van der Waals surface area contributed by atoms with Crippen LogP contribution in [0, 0.1) is 0 Å². The van der Waals surface area contributed by atoms with E-state index < -0.39 is 5.97 Å². The molecular weight excluding hydrogens is 264 g/mol. The van der Waals surface area contributed by atoms with Crippen molar-refractivity contribution in [1.82, 2.24) is 0 Å². The van der Waals surface area contributed by atoms with E-state index in [-0.39, 0.29) is 16.8 Å². The van der Waals surface area contributed by atoms with Crippen molar-refractivity contribution >= 4 is 23.7 Å². The van der Waals surface area contributed by atoms with Gasteiger partial charge in [-0.05, 0) is 31.5 Å². The molecule has 0 aromatic heterocycles. The van der Waals surface area contributed by atoms with E-state index in [4.69, 9.17) is 9.84 Å². The second-order valence-electron chi connectivity index (χ2n) is 4.11. The first-order valence-electron chi connectivity index (χ1n) is 6.21. The second kappa shape index (κ2) is 7.84. The lowest BCUT2D eigenvalue weighted by molar-refractivity contribution is -0.142. The van der Waals surface area contributed by atoms with Crippen LogP contribution in [-0.2, 0) is 9.53 Å². The number of rotatable bonds is 7. The Bertz CT molecular complexity index is 445. The highest BCUT2D eigenvalue weighted by atomic mass is 32.2. The van der Waals surface area contributed by atoms with Gasteiger partial charge in [-0.25, -0.2) is 4.79 Å². The van der Waals surface area contributed by atoms with E-state index in [2.05, 4.69) is 0 Å². The van der Waals surface area contributed by atoms with Crippen LogP contribution in [0.15, 0.2) is 29.2 Å². The molecule has 4 nitrogen and oxygen atoms in total. The number of carbonyl (C=O) groups excluding carboxylic acids is 1. The van der Waals surface area contributed by atoms with Crippen molar-refractivity contribution in [2.75, 3.05) is 6.61 Å². The van der Waals surface area contributed by atoms with Crippen LogP contribution in [0.4, 0.5) is 0 Å². The number of carboxylic acids is 1. The van der Waals surface area contributed by atoms with Gasteiger partial charge in [-0.15, -0.1) is 11.8 Å². The summed E-state index contributed by atoms with van der Waals surface area (Å²) < 4.78 is 5.12. The van der Waals surface area contributed by atoms with Crippen molar-refractivity contribution in [1.29, 1.82) is 0 Å². The number of carboxylic acid groups (broad SMARTS) is 1. The van der Waals surface area contributed by atoms with Gasteiger partial charge in [0.05, 0.1) is 12.2 Å². The number of aromatic carboxylic acids is 1. The molecule has 0 bridgehead atoms. The van der Waals surface area contributed by atoms with Crippen molar-refractivity contribution in [3.8, 4) is 0 Å². The maximum atomic E-state index is 11.7. The normalized spacial score (nSPS) is 11.9. The summed E-state index contributed by atoms with van der Waals surface area (Å²) in [5.41, 5.74) is 0.219. The molecule has 1 unspecified atom stereocenters. The quantitative estimate of drug-likeness (QED) is 0.472. The van der Waals surface area contributed by atoms with E-state index in [1.54, 1.807) is 25.1 Å². The zero-order chi connectivity index (χ0) is 14.3. The average molecular weight is 282 g/mol. The molecule has 1 atom stereocenters. The fourth-order valence-electron chi connectivity index (χ4n) is 1.39. The molecule has 0 aliphatic heterocycles. The van der Waals surface area contributed by atoms with Crippen molar-refractivity contribution in [2.45, 2.75) is 36.8 Å². The highest BCUT2D eigenvalue weighted by Gasteiger charge is 2.16. The fourth-order valence-corrected chi connectivity index (χ4v) is 2.31. The Kier molecular flexibility index (Phi) is 6.42. The van der Waals surface area contributed by atoms with Crippen molar-refractivity contribution < 1.29 is 19.4 Å². The van der Waals surface area contributed by atoms with Gasteiger partial charge in [0.15, 0.2) is 0 Å². The van der Waals surface area contributed by atoms with E-state index in [0.29, 0.717) is 6.61 Å². The third kappa shape index (κ3) is 5.34. The van der Waals surface area contributed by atoms with Gasteiger partial charge in [-0.1, -0.05) is 19.4 Å². The van der Waals surface area contributed by atoms with Crippen LogP contribution < -0.4 is 0 Å². The molecule has 1 rings (SSSR count). The van der Waals surface area contributed by atoms with E-state index in [9.17, 15) is 9.59 Å². The fraction of sp³-hybridized carbons (Fsp3) is 0.429. The number of ether oxygens (including phenoxy) is 1. The Morgan fingerprint density at radius 1 is 1.42 bits per heavy atom. The van der Waals surface area contributed by atoms with Gasteiger partial charge in [0.1, 0.15) is 5.25 Å². The largest absolute Gasteiger partial charge is 0.478 e. The number of hydrogen-bond acceptors (Lipinski definition) is 4. The number of thioether (sulfide) groups is 1. The molecule has 0 amide bonds. The molecule has 5 heteroatoms. The lowest BCUT2D eigenvalue weighted by atomic mass is 10.2. The third-order valence-corrected chi connectivity index (χ3v) is 3.54. The average Bonchev–Trinajstić information content (AvgIpc) is 2.39. The lowest BCUT2D eigenvalue weighted by Gasteiger charge is -2.11. The molecule has 19 heavy (non-hydrogen) atoms. The van der Waals surface area contributed by atoms with Crippen molar-refractivity contribution in [2.24, 2.45) is 0 Å². The number of hydrogen-bond donors (Lipinski definition) is 1. The van der Waals surface area contributed by atoms with Crippen molar-refractivity contribution in [3.63, 3.8) is 0 Å². The first-order chi connectivity index (χ1) is 9.04. The Morgan fingerprint density at radius 2 is 2.16 bits per heavy atom. The molecule has 104 valence electrons. The minimum atomic E-state index is -0.972. The lowest BCUT2D eigenvalue weighted by Crippen LogP contribution is -2.17. The predicted molar refractivity (Wildman–Crippen MR) is 74.6 cm³/mol. The number of unbranched alkanes of at least 4 members (excludes halogenated alkanes) is 1.